The van der Waals surface area contributed by atoms with Crippen molar-refractivity contribution in [3.05, 3.63) is 13.2 Å². The first-order valence-corrected chi connectivity index (χ1v) is 7.05. The van der Waals surface area contributed by atoms with E-state index in [1.807, 2.05) is 0 Å². The van der Waals surface area contributed by atoms with Crippen LogP contribution in [0.2, 0.25) is 0 Å². The zero-order chi connectivity index (χ0) is 13.4. The van der Waals surface area contributed by atoms with Crippen molar-refractivity contribution in [2.45, 2.75) is 58.8 Å². The van der Waals surface area contributed by atoms with Gasteiger partial charge < -0.3 is 15.9 Å². The molecule has 0 amide bonds. The minimum absolute atomic E-state index is 0. The van der Waals surface area contributed by atoms with Crippen LogP contribution in [0, 0.1) is 5.92 Å². The van der Waals surface area contributed by atoms with Crippen LogP contribution in [-0.2, 0) is 4.74 Å². The molecule has 0 unspecified atom stereocenters. The van der Waals surface area contributed by atoms with E-state index in [0.717, 1.165) is 32.1 Å². The summed E-state index contributed by atoms with van der Waals surface area (Å²) in [6.07, 6.45) is 9.06. The lowest BCUT2D eigenvalue weighted by Crippen LogP contribution is -2.04. The van der Waals surface area contributed by atoms with Crippen LogP contribution in [-0.4, -0.2) is 25.2 Å². The van der Waals surface area contributed by atoms with Crippen LogP contribution in [0.3, 0.4) is 0 Å². The first-order valence-electron chi connectivity index (χ1n) is 7.05. The lowest BCUT2D eigenvalue weighted by molar-refractivity contribution is 0.129. The lowest BCUT2D eigenvalue weighted by atomic mass is 10.0. The maximum atomic E-state index is 5.44. The van der Waals surface area contributed by atoms with Crippen molar-refractivity contribution in [1.29, 1.82) is 0 Å². The predicted octanol–water partition coefficient (Wildman–Crippen LogP) is 3.33. The molecular weight excluding hydrogens is 226 g/mol. The number of rotatable bonds is 11. The normalized spacial score (nSPS) is 9.56. The Bertz CT molecular complexity index is 130. The summed E-state index contributed by atoms with van der Waals surface area (Å²) in [6, 6.07) is 0. The minimum Gasteiger partial charge on any atom is -0.412 e. The summed E-state index contributed by atoms with van der Waals surface area (Å²) in [4.78, 5) is 0. The molecule has 0 saturated heterocycles. The third-order valence-electron chi connectivity index (χ3n) is 2.56. The number of nitrogens with two attached hydrogens (primary N) is 1. The van der Waals surface area contributed by atoms with Crippen LogP contribution >= 0.6 is 0 Å². The summed E-state index contributed by atoms with van der Waals surface area (Å²) < 4.78 is 5.44. The van der Waals surface area contributed by atoms with Crippen molar-refractivity contribution in [1.82, 2.24) is 0 Å². The molecule has 0 aromatic heterocycles. The summed E-state index contributed by atoms with van der Waals surface area (Å²) in [5.74, 6) is 0.865. The zero-order valence-electron chi connectivity index (χ0n) is 12.5. The van der Waals surface area contributed by atoms with Gasteiger partial charge in [-0.2, -0.15) is 0 Å². The Morgan fingerprint density at radius 3 is 1.94 bits per heavy atom. The molecule has 0 aliphatic heterocycles. The number of hydrogen-bond acceptors (Lipinski definition) is 2. The molecule has 0 aromatic rings. The second kappa shape index (κ2) is 21.9. The molecule has 3 heteroatoms. The number of ether oxygens (including phenoxy) is 1. The maximum Gasteiger partial charge on any atom is 0.0478 e. The van der Waals surface area contributed by atoms with Gasteiger partial charge in [-0.25, -0.2) is 0 Å². The van der Waals surface area contributed by atoms with Gasteiger partial charge in [-0.3, -0.25) is 0 Å². The second-order valence-corrected chi connectivity index (χ2v) is 4.70. The van der Waals surface area contributed by atoms with Gasteiger partial charge in [-0.05, 0) is 25.3 Å². The fourth-order valence-electron chi connectivity index (χ4n) is 1.57. The quantitative estimate of drug-likeness (QED) is 0.458. The molecule has 0 fully saturated rings. The lowest BCUT2D eigenvalue weighted by Gasteiger charge is -2.05. The number of hydrogen-bond donors (Lipinski definition) is 1. The summed E-state index contributed by atoms with van der Waals surface area (Å²) in [6.45, 7) is 13.1. The third kappa shape index (κ3) is 24.7. The molecule has 0 heterocycles. The van der Waals surface area contributed by atoms with Gasteiger partial charge in [0.25, 0.3) is 0 Å². The van der Waals surface area contributed by atoms with Crippen LogP contribution < -0.4 is 5.73 Å². The molecule has 3 nitrogen and oxygen atoms in total. The Morgan fingerprint density at radius 2 is 1.39 bits per heavy atom. The van der Waals surface area contributed by atoms with Crippen LogP contribution in [0.25, 0.3) is 0 Å². The Kier molecular flexibility index (Phi) is 27.7. The molecule has 0 aliphatic rings. The van der Waals surface area contributed by atoms with Crippen molar-refractivity contribution in [2.24, 2.45) is 11.7 Å². The van der Waals surface area contributed by atoms with Crippen LogP contribution in [0.5, 0.6) is 0 Å². The standard InChI is InChI=1S/C13H29NO.C2H4.H2O/c1-13(2)9-6-4-3-5-7-11-15-12-8-10-14;1-2;/h13H,3-12,14H2,1-2H3;1-2H2;1H2. The van der Waals surface area contributed by atoms with E-state index in [1.165, 1.54) is 38.5 Å². The van der Waals surface area contributed by atoms with E-state index < -0.39 is 0 Å². The highest BCUT2D eigenvalue weighted by Gasteiger charge is 1.94. The smallest absolute Gasteiger partial charge is 0.0478 e. The molecule has 0 radical (unpaired) electrons. The largest absolute Gasteiger partial charge is 0.412 e. The van der Waals surface area contributed by atoms with Crippen molar-refractivity contribution >= 4 is 0 Å². The molecule has 0 aliphatic carbocycles. The first kappa shape index (κ1) is 22.8. The van der Waals surface area contributed by atoms with Gasteiger partial charge in [0.15, 0.2) is 0 Å². The van der Waals surface area contributed by atoms with Crippen molar-refractivity contribution in [3.8, 4) is 0 Å². The summed E-state index contributed by atoms with van der Waals surface area (Å²) in [5.41, 5.74) is 5.37. The third-order valence-corrected chi connectivity index (χ3v) is 2.56. The molecule has 0 atom stereocenters. The molecule has 0 spiro atoms. The average Bonchev–Trinajstić information content (AvgIpc) is 2.34. The molecule has 0 saturated carbocycles. The maximum absolute atomic E-state index is 5.44. The van der Waals surface area contributed by atoms with E-state index in [9.17, 15) is 0 Å². The fraction of sp³-hybridized carbons (Fsp3) is 0.867. The Labute approximate surface area is 114 Å². The first-order chi connectivity index (χ1) is 8.27. The second-order valence-electron chi connectivity index (χ2n) is 4.70. The van der Waals surface area contributed by atoms with Gasteiger partial charge in [-0.15, -0.1) is 13.2 Å². The topological polar surface area (TPSA) is 66.8 Å². The van der Waals surface area contributed by atoms with Crippen LogP contribution in [0.1, 0.15) is 58.8 Å². The minimum atomic E-state index is 0. The molecule has 4 N–H and O–H groups in total. The molecule has 112 valence electrons. The van der Waals surface area contributed by atoms with Crippen LogP contribution in [0.4, 0.5) is 0 Å². The van der Waals surface area contributed by atoms with E-state index in [1.54, 1.807) is 0 Å². The Balaban J connectivity index is -0.000000709. The van der Waals surface area contributed by atoms with Gasteiger partial charge in [0.1, 0.15) is 0 Å². The van der Waals surface area contributed by atoms with E-state index in [2.05, 4.69) is 27.0 Å². The predicted molar refractivity (Wildman–Crippen MR) is 81.9 cm³/mol. The zero-order valence-corrected chi connectivity index (χ0v) is 12.5. The monoisotopic (exact) mass is 261 g/mol. The summed E-state index contributed by atoms with van der Waals surface area (Å²) in [7, 11) is 0. The highest BCUT2D eigenvalue weighted by Crippen LogP contribution is 2.10. The number of unbranched alkanes of at least 4 members (excludes halogenated alkanes) is 4. The molecule has 0 aromatic carbocycles. The fourth-order valence-corrected chi connectivity index (χ4v) is 1.57. The van der Waals surface area contributed by atoms with Crippen molar-refractivity contribution in [2.75, 3.05) is 19.8 Å². The van der Waals surface area contributed by atoms with Gasteiger partial charge in [-0.1, -0.05) is 46.0 Å². The van der Waals surface area contributed by atoms with Gasteiger partial charge in [0, 0.05) is 13.2 Å². The van der Waals surface area contributed by atoms with Gasteiger partial charge >= 0.3 is 0 Å². The van der Waals surface area contributed by atoms with E-state index in [0.29, 0.717) is 0 Å². The van der Waals surface area contributed by atoms with Gasteiger partial charge in [0.2, 0.25) is 0 Å². The van der Waals surface area contributed by atoms with Crippen LogP contribution in [0.15, 0.2) is 13.2 Å². The summed E-state index contributed by atoms with van der Waals surface area (Å²) >= 11 is 0. The molecule has 18 heavy (non-hydrogen) atoms. The Hall–Kier alpha value is -0.380. The van der Waals surface area contributed by atoms with E-state index >= 15 is 0 Å². The van der Waals surface area contributed by atoms with Crippen molar-refractivity contribution < 1.29 is 10.2 Å². The SMILES string of the molecule is C=C.CC(C)CCCCCCCOCCCN.O. The van der Waals surface area contributed by atoms with Gasteiger partial charge in [0.05, 0.1) is 0 Å². The average molecular weight is 261 g/mol. The molecule has 0 rings (SSSR count). The highest BCUT2D eigenvalue weighted by molar-refractivity contribution is 4.48. The summed E-state index contributed by atoms with van der Waals surface area (Å²) in [5, 5.41) is 0. The molecular formula is C15H35NO2. The van der Waals surface area contributed by atoms with E-state index in [4.69, 9.17) is 10.5 Å². The highest BCUT2D eigenvalue weighted by atomic mass is 16.5. The molecule has 0 bridgehead atoms. The Morgan fingerprint density at radius 1 is 0.889 bits per heavy atom. The van der Waals surface area contributed by atoms with E-state index in [-0.39, 0.29) is 5.48 Å². The van der Waals surface area contributed by atoms with Crippen molar-refractivity contribution in [3.63, 3.8) is 0 Å².